The largest absolute Gasteiger partial charge is 0.358 e. The maximum Gasteiger partial charge on any atom is 0.270 e. The molecule has 2 fully saturated rings. The smallest absolute Gasteiger partial charge is 0.270 e. The van der Waals surface area contributed by atoms with Crippen molar-refractivity contribution in [2.24, 2.45) is 17.8 Å². The number of hydrogen-bond acceptors (Lipinski definition) is 3. The molecule has 1 amide bonds. The number of fused-ring (bicyclic) bond motifs is 1. The summed E-state index contributed by atoms with van der Waals surface area (Å²) in [4.78, 5) is 12.1. The number of amides is 1. The molecule has 124 valence electrons. The first-order valence-electron chi connectivity index (χ1n) is 7.78. The van der Waals surface area contributed by atoms with Crippen molar-refractivity contribution in [2.45, 2.75) is 12.8 Å². The van der Waals surface area contributed by atoms with E-state index in [9.17, 15) is 13.6 Å². The van der Waals surface area contributed by atoms with E-state index in [4.69, 9.17) is 0 Å². The molecule has 1 saturated heterocycles. The topological polar surface area (TPSA) is 53.2 Å². The predicted octanol–water partition coefficient (Wildman–Crippen LogP) is 2.31. The van der Waals surface area contributed by atoms with E-state index in [1.54, 1.807) is 12.1 Å². The van der Waals surface area contributed by atoms with Gasteiger partial charge in [-0.05, 0) is 37.1 Å². The summed E-state index contributed by atoms with van der Waals surface area (Å²) in [6.07, 6.45) is 0. The predicted molar refractivity (Wildman–Crippen MR) is 85.1 cm³/mol. The van der Waals surface area contributed by atoms with Crippen LogP contribution in [0.3, 0.4) is 0 Å². The zero-order valence-corrected chi connectivity index (χ0v) is 13.0. The number of nitrogens with one attached hydrogen (secondary N) is 3. The Morgan fingerprint density at radius 1 is 1.39 bits per heavy atom. The quantitative estimate of drug-likeness (QED) is 0.754. The number of hydrogen-bond donors (Lipinski definition) is 3. The average Bonchev–Trinajstić information content (AvgIpc) is 2.97. The Balaban J connectivity index is 1.49. The highest BCUT2D eigenvalue weighted by molar-refractivity contribution is 5.82. The number of rotatable bonds is 6. The van der Waals surface area contributed by atoms with Crippen molar-refractivity contribution in [3.05, 3.63) is 42.1 Å². The van der Waals surface area contributed by atoms with E-state index in [1.165, 1.54) is 12.1 Å². The van der Waals surface area contributed by atoms with E-state index in [2.05, 4.69) is 22.5 Å². The van der Waals surface area contributed by atoms with E-state index in [-0.39, 0.29) is 23.9 Å². The third-order valence-electron chi connectivity index (χ3n) is 4.56. The van der Waals surface area contributed by atoms with Gasteiger partial charge in [0.2, 0.25) is 5.91 Å². The van der Waals surface area contributed by atoms with E-state index >= 15 is 0 Å². The SMILES string of the molecule is C=C(CNC(=O)C1C2CNCC21)Nc1cccc(C(C)(F)F)c1. The number of carbonyl (C=O) groups is 1. The lowest BCUT2D eigenvalue weighted by Gasteiger charge is -2.15. The Kier molecular flexibility index (Phi) is 4.10. The lowest BCUT2D eigenvalue weighted by atomic mass is 10.1. The fourth-order valence-corrected chi connectivity index (χ4v) is 3.24. The van der Waals surface area contributed by atoms with Crippen LogP contribution in [-0.4, -0.2) is 25.5 Å². The summed E-state index contributed by atoms with van der Waals surface area (Å²) in [5.74, 6) is -1.77. The Bertz CT molecular complexity index is 617. The number of halogens is 2. The van der Waals surface area contributed by atoms with E-state index in [0.717, 1.165) is 20.0 Å². The molecule has 1 aromatic rings. The van der Waals surface area contributed by atoms with Crippen LogP contribution in [0.2, 0.25) is 0 Å². The highest BCUT2D eigenvalue weighted by atomic mass is 19.3. The molecule has 6 heteroatoms. The molecular weight excluding hydrogens is 300 g/mol. The zero-order chi connectivity index (χ0) is 16.6. The second-order valence-electron chi connectivity index (χ2n) is 6.43. The molecule has 23 heavy (non-hydrogen) atoms. The summed E-state index contributed by atoms with van der Waals surface area (Å²) in [5.41, 5.74) is 1.05. The zero-order valence-electron chi connectivity index (χ0n) is 13.0. The maximum atomic E-state index is 13.3. The Morgan fingerprint density at radius 2 is 2.09 bits per heavy atom. The van der Waals surface area contributed by atoms with Crippen LogP contribution in [0, 0.1) is 17.8 Å². The van der Waals surface area contributed by atoms with Gasteiger partial charge >= 0.3 is 0 Å². The van der Waals surface area contributed by atoms with Crippen molar-refractivity contribution in [1.82, 2.24) is 10.6 Å². The summed E-state index contributed by atoms with van der Waals surface area (Å²) in [5, 5.41) is 9.08. The summed E-state index contributed by atoms with van der Waals surface area (Å²) < 4.78 is 26.6. The second kappa shape index (κ2) is 5.92. The molecule has 1 aromatic carbocycles. The number of benzene rings is 1. The van der Waals surface area contributed by atoms with Crippen LogP contribution < -0.4 is 16.0 Å². The maximum absolute atomic E-state index is 13.3. The first-order valence-corrected chi connectivity index (χ1v) is 7.78. The van der Waals surface area contributed by atoms with Crippen molar-refractivity contribution in [3.8, 4) is 0 Å². The standard InChI is InChI=1S/C17H21F2N3O/c1-10(7-21-16(23)15-13-8-20-9-14(13)15)22-12-5-3-4-11(6-12)17(2,18)19/h3-6,13-15,20,22H,1,7-9H2,2H3,(H,21,23). The molecule has 3 N–H and O–H groups in total. The molecule has 0 radical (unpaired) electrons. The van der Waals surface area contributed by atoms with Crippen LogP contribution >= 0.6 is 0 Å². The van der Waals surface area contributed by atoms with E-state index in [0.29, 0.717) is 23.2 Å². The highest BCUT2D eigenvalue weighted by Gasteiger charge is 2.56. The molecule has 2 aliphatic rings. The summed E-state index contributed by atoms with van der Waals surface area (Å²) in [6, 6.07) is 6.04. The number of anilines is 1. The summed E-state index contributed by atoms with van der Waals surface area (Å²) in [6.45, 7) is 6.82. The van der Waals surface area contributed by atoms with Gasteiger partial charge in [-0.3, -0.25) is 4.79 Å². The Hall–Kier alpha value is -1.95. The van der Waals surface area contributed by atoms with Crippen molar-refractivity contribution in [3.63, 3.8) is 0 Å². The van der Waals surface area contributed by atoms with Crippen LogP contribution in [0.5, 0.6) is 0 Å². The first-order chi connectivity index (χ1) is 10.9. The molecule has 0 spiro atoms. The summed E-state index contributed by atoms with van der Waals surface area (Å²) >= 11 is 0. The van der Waals surface area contributed by atoms with Gasteiger partial charge in [0.1, 0.15) is 0 Å². The Morgan fingerprint density at radius 3 is 2.74 bits per heavy atom. The lowest BCUT2D eigenvalue weighted by molar-refractivity contribution is -0.122. The minimum absolute atomic E-state index is 0.0540. The van der Waals surface area contributed by atoms with Crippen molar-refractivity contribution < 1.29 is 13.6 Å². The van der Waals surface area contributed by atoms with Gasteiger partial charge in [-0.15, -0.1) is 0 Å². The monoisotopic (exact) mass is 321 g/mol. The first kappa shape index (κ1) is 15.9. The minimum Gasteiger partial charge on any atom is -0.358 e. The number of carbonyl (C=O) groups excluding carboxylic acids is 1. The fraction of sp³-hybridized carbons (Fsp3) is 0.471. The molecule has 1 saturated carbocycles. The van der Waals surface area contributed by atoms with Crippen molar-refractivity contribution in [2.75, 3.05) is 25.0 Å². The molecule has 1 aliphatic heterocycles. The number of piperidine rings is 1. The average molecular weight is 321 g/mol. The van der Waals surface area contributed by atoms with Crippen molar-refractivity contribution >= 4 is 11.6 Å². The van der Waals surface area contributed by atoms with Gasteiger partial charge in [0, 0.05) is 29.8 Å². The van der Waals surface area contributed by atoms with E-state index < -0.39 is 5.92 Å². The molecule has 2 atom stereocenters. The van der Waals surface area contributed by atoms with Crippen molar-refractivity contribution in [1.29, 1.82) is 0 Å². The van der Waals surface area contributed by atoms with Gasteiger partial charge in [-0.25, -0.2) is 8.78 Å². The van der Waals surface area contributed by atoms with Crippen LogP contribution in [0.25, 0.3) is 0 Å². The van der Waals surface area contributed by atoms with Crippen LogP contribution in [-0.2, 0) is 10.7 Å². The van der Waals surface area contributed by atoms with Gasteiger partial charge in [-0.1, -0.05) is 18.7 Å². The summed E-state index contributed by atoms with van der Waals surface area (Å²) in [7, 11) is 0. The molecule has 2 unspecified atom stereocenters. The minimum atomic E-state index is -2.88. The van der Waals surface area contributed by atoms with Gasteiger partial charge in [0.25, 0.3) is 5.92 Å². The van der Waals surface area contributed by atoms with Gasteiger partial charge < -0.3 is 16.0 Å². The molecule has 0 bridgehead atoms. The molecule has 0 aromatic heterocycles. The molecule has 1 aliphatic carbocycles. The molecular formula is C17H21F2N3O. The van der Waals surface area contributed by atoms with Crippen LogP contribution in [0.4, 0.5) is 14.5 Å². The highest BCUT2D eigenvalue weighted by Crippen LogP contribution is 2.48. The fourth-order valence-electron chi connectivity index (χ4n) is 3.24. The lowest BCUT2D eigenvalue weighted by Crippen LogP contribution is -2.32. The third-order valence-corrected chi connectivity index (χ3v) is 4.56. The third kappa shape index (κ3) is 3.52. The number of alkyl halides is 2. The molecule has 3 rings (SSSR count). The normalized spacial score (nSPS) is 25.6. The van der Waals surface area contributed by atoms with Gasteiger partial charge in [0.05, 0.1) is 6.54 Å². The van der Waals surface area contributed by atoms with Gasteiger partial charge in [0.15, 0.2) is 0 Å². The van der Waals surface area contributed by atoms with Crippen LogP contribution in [0.1, 0.15) is 12.5 Å². The van der Waals surface area contributed by atoms with Gasteiger partial charge in [-0.2, -0.15) is 0 Å². The van der Waals surface area contributed by atoms with E-state index in [1.807, 2.05) is 0 Å². The van der Waals surface area contributed by atoms with Crippen LogP contribution in [0.15, 0.2) is 36.5 Å². The Labute approximate surface area is 134 Å². The molecule has 4 nitrogen and oxygen atoms in total. The second-order valence-corrected chi connectivity index (χ2v) is 6.43. The molecule has 1 heterocycles.